The summed E-state index contributed by atoms with van der Waals surface area (Å²) in [6.45, 7) is 13.4. The van der Waals surface area contributed by atoms with Crippen LogP contribution in [0, 0.1) is 5.92 Å². The van der Waals surface area contributed by atoms with Crippen LogP contribution in [0.4, 0.5) is 0 Å². The zero-order chi connectivity index (χ0) is 24.8. The van der Waals surface area contributed by atoms with Gasteiger partial charge in [0.25, 0.3) is 0 Å². The molecule has 1 aliphatic rings. The number of ether oxygens (including phenoxy) is 1. The number of likely N-dealkylation sites (tertiary alicyclic amines) is 1. The minimum atomic E-state index is -0.661. The highest BCUT2D eigenvalue weighted by Gasteiger charge is 2.29. The van der Waals surface area contributed by atoms with Crippen molar-refractivity contribution in [3.63, 3.8) is 0 Å². The van der Waals surface area contributed by atoms with E-state index in [9.17, 15) is 9.90 Å². The highest BCUT2D eigenvalue weighted by molar-refractivity contribution is 6.34. The first kappa shape index (κ1) is 25.8. The molecular weight excluding hydrogens is 454 g/mol. The lowest BCUT2D eigenvalue weighted by Gasteiger charge is -2.37. The van der Waals surface area contributed by atoms with E-state index in [1.807, 2.05) is 38.7 Å². The Bertz CT molecular complexity index is 1090. The van der Waals surface area contributed by atoms with E-state index in [1.54, 1.807) is 29.2 Å². The van der Waals surface area contributed by atoms with Crippen LogP contribution in [-0.2, 0) is 4.79 Å². The van der Waals surface area contributed by atoms with Crippen molar-refractivity contribution >= 4 is 34.4 Å². The lowest BCUT2D eigenvalue weighted by molar-refractivity contribution is -0.123. The molecule has 8 nitrogen and oxygen atoms in total. The summed E-state index contributed by atoms with van der Waals surface area (Å²) < 4.78 is 7.37. The second-order valence-electron chi connectivity index (χ2n) is 8.85. The third-order valence-electron chi connectivity index (χ3n) is 5.75. The quantitative estimate of drug-likeness (QED) is 0.334. The van der Waals surface area contributed by atoms with E-state index in [0.717, 1.165) is 22.5 Å². The monoisotopic (exact) mass is 487 g/mol. The fourth-order valence-electron chi connectivity index (χ4n) is 4.03. The highest BCUT2D eigenvalue weighted by atomic mass is 35.5. The van der Waals surface area contributed by atoms with Gasteiger partial charge in [-0.15, -0.1) is 0 Å². The average molecular weight is 488 g/mol. The number of nitrogens with zero attached hydrogens (tertiary/aromatic N) is 4. The van der Waals surface area contributed by atoms with Crippen LogP contribution in [0.2, 0.25) is 5.02 Å². The number of piperidine rings is 1. The Morgan fingerprint density at radius 1 is 1.50 bits per heavy atom. The fraction of sp³-hybridized carbons (Fsp3) is 0.480. The van der Waals surface area contributed by atoms with E-state index in [4.69, 9.17) is 16.3 Å². The van der Waals surface area contributed by atoms with Gasteiger partial charge < -0.3 is 20.1 Å². The Hall–Kier alpha value is -2.84. The molecule has 1 saturated heterocycles. The summed E-state index contributed by atoms with van der Waals surface area (Å²) >= 11 is 6.40. The number of halogens is 1. The van der Waals surface area contributed by atoms with Crippen LogP contribution < -0.4 is 10.1 Å². The van der Waals surface area contributed by atoms with Crippen molar-refractivity contribution in [2.75, 3.05) is 19.7 Å². The van der Waals surface area contributed by atoms with Gasteiger partial charge in [0.1, 0.15) is 11.6 Å². The molecule has 0 unspecified atom stereocenters. The number of aromatic nitrogens is 2. The van der Waals surface area contributed by atoms with E-state index in [0.29, 0.717) is 43.3 Å². The van der Waals surface area contributed by atoms with Crippen molar-refractivity contribution in [3.05, 3.63) is 47.9 Å². The molecule has 3 heterocycles. The largest absolute Gasteiger partial charge is 0.492 e. The summed E-state index contributed by atoms with van der Waals surface area (Å²) in [7, 11) is 0. The smallest absolute Gasteiger partial charge is 0.220 e. The standard InChI is InChI=1S/C25H34ClN5O3/c1-6-18(20-11-19(34-7-2)14-31-25(20)21(26)13-28-31)12-27-17(5)30-9-8-22(23(32)15-30)29-24(33)10-16(3)4/h6,11-14,16,22-23,32H,1,7-10,15H2,2-5H3,(H,29,33)/b18-12+,27-17+/t22-,23-/m0/s1. The maximum atomic E-state index is 12.1. The number of fused-ring (bicyclic) bond motifs is 1. The first-order chi connectivity index (χ1) is 16.2. The van der Waals surface area contributed by atoms with Gasteiger partial charge in [0, 0.05) is 36.8 Å². The summed E-state index contributed by atoms with van der Waals surface area (Å²) in [5.41, 5.74) is 2.33. The van der Waals surface area contributed by atoms with Gasteiger partial charge in [-0.25, -0.2) is 9.51 Å². The molecule has 1 aliphatic heterocycles. The zero-order valence-electron chi connectivity index (χ0n) is 20.3. The SMILES string of the molecule is C=C/C(=C\N=C(/C)N1CC[C@H](NC(=O)CC(C)C)[C@@H](O)C1)c1cc(OCC)cn2ncc(Cl)c12. The minimum absolute atomic E-state index is 0.0180. The molecule has 9 heteroatoms. The Balaban J connectivity index is 1.78. The lowest BCUT2D eigenvalue weighted by Crippen LogP contribution is -2.55. The molecule has 1 fully saturated rings. The Labute approximate surface area is 205 Å². The molecule has 0 saturated carbocycles. The molecule has 2 atom stereocenters. The number of pyridine rings is 1. The number of aliphatic hydroxyl groups is 1. The second kappa shape index (κ2) is 11.5. The van der Waals surface area contributed by atoms with Crippen LogP contribution in [0.1, 0.15) is 46.1 Å². The number of carbonyl (C=O) groups excluding carboxylic acids is 1. The molecule has 2 aromatic rings. The number of aliphatic imine (C=N–C) groups is 1. The van der Waals surface area contributed by atoms with E-state index in [1.165, 1.54) is 0 Å². The van der Waals surface area contributed by atoms with Crippen LogP contribution in [0.3, 0.4) is 0 Å². The van der Waals surface area contributed by atoms with Crippen LogP contribution in [0.5, 0.6) is 5.75 Å². The molecule has 184 valence electrons. The average Bonchev–Trinajstić information content (AvgIpc) is 3.15. The van der Waals surface area contributed by atoms with Gasteiger partial charge in [0.05, 0.1) is 41.7 Å². The lowest BCUT2D eigenvalue weighted by atomic mass is 10.0. The van der Waals surface area contributed by atoms with E-state index < -0.39 is 6.10 Å². The predicted octanol–water partition coefficient (Wildman–Crippen LogP) is 3.93. The van der Waals surface area contributed by atoms with Crippen molar-refractivity contribution in [1.82, 2.24) is 19.8 Å². The van der Waals surface area contributed by atoms with Crippen molar-refractivity contribution in [1.29, 1.82) is 0 Å². The number of hydrogen-bond donors (Lipinski definition) is 2. The number of nitrogens with one attached hydrogen (secondary N) is 1. The molecule has 0 aliphatic carbocycles. The number of carbonyl (C=O) groups is 1. The summed E-state index contributed by atoms with van der Waals surface area (Å²) in [6.07, 6.45) is 7.29. The zero-order valence-corrected chi connectivity index (χ0v) is 21.0. The van der Waals surface area contributed by atoms with E-state index >= 15 is 0 Å². The predicted molar refractivity (Wildman–Crippen MR) is 136 cm³/mol. The molecule has 0 bridgehead atoms. The first-order valence-electron chi connectivity index (χ1n) is 11.6. The van der Waals surface area contributed by atoms with Gasteiger partial charge in [0.15, 0.2) is 0 Å². The van der Waals surface area contributed by atoms with Crippen LogP contribution in [0.25, 0.3) is 11.1 Å². The molecule has 0 spiro atoms. The third kappa shape index (κ3) is 6.18. The molecule has 2 aromatic heterocycles. The third-order valence-corrected chi connectivity index (χ3v) is 6.03. The van der Waals surface area contributed by atoms with E-state index in [-0.39, 0.29) is 17.9 Å². The number of allylic oxidation sites excluding steroid dienone is 2. The van der Waals surface area contributed by atoms with Gasteiger partial charge in [-0.05, 0) is 32.3 Å². The second-order valence-corrected chi connectivity index (χ2v) is 9.25. The Morgan fingerprint density at radius 2 is 2.26 bits per heavy atom. The Kier molecular flexibility index (Phi) is 8.74. The number of rotatable bonds is 8. The van der Waals surface area contributed by atoms with Crippen LogP contribution >= 0.6 is 11.6 Å². The van der Waals surface area contributed by atoms with Gasteiger partial charge >= 0.3 is 0 Å². The molecule has 0 aromatic carbocycles. The molecule has 2 N–H and O–H groups in total. The van der Waals surface area contributed by atoms with Crippen LogP contribution in [0.15, 0.2) is 42.3 Å². The van der Waals surface area contributed by atoms with E-state index in [2.05, 4.69) is 22.0 Å². The minimum Gasteiger partial charge on any atom is -0.492 e. The van der Waals surface area contributed by atoms with Gasteiger partial charge in [-0.1, -0.05) is 38.1 Å². The fourth-order valence-corrected chi connectivity index (χ4v) is 4.26. The molecular formula is C25H34ClN5O3. The van der Waals surface area contributed by atoms with Gasteiger partial charge in [0.2, 0.25) is 5.91 Å². The summed E-state index contributed by atoms with van der Waals surface area (Å²) in [4.78, 5) is 18.8. The Morgan fingerprint density at radius 3 is 2.91 bits per heavy atom. The molecule has 1 amide bonds. The van der Waals surface area contributed by atoms with Crippen molar-refractivity contribution in [2.45, 2.75) is 52.7 Å². The van der Waals surface area contributed by atoms with Gasteiger partial charge in [-0.3, -0.25) is 4.79 Å². The number of hydrogen-bond acceptors (Lipinski definition) is 5. The normalized spacial score (nSPS) is 19.6. The highest BCUT2D eigenvalue weighted by Crippen LogP contribution is 2.31. The van der Waals surface area contributed by atoms with Crippen LogP contribution in [-0.4, -0.2) is 63.2 Å². The number of aliphatic hydroxyl groups excluding tert-OH is 1. The molecule has 3 rings (SSSR count). The summed E-state index contributed by atoms with van der Waals surface area (Å²) in [6, 6.07) is 1.66. The molecule has 0 radical (unpaired) electrons. The first-order valence-corrected chi connectivity index (χ1v) is 12.0. The number of amidine groups is 1. The van der Waals surface area contributed by atoms with Gasteiger partial charge in [-0.2, -0.15) is 5.10 Å². The van der Waals surface area contributed by atoms with Crippen molar-refractivity contribution in [3.8, 4) is 5.75 Å². The number of amides is 1. The maximum Gasteiger partial charge on any atom is 0.220 e. The topological polar surface area (TPSA) is 91.5 Å². The van der Waals surface area contributed by atoms with Crippen molar-refractivity contribution < 1.29 is 14.6 Å². The summed E-state index contributed by atoms with van der Waals surface area (Å²) in [5.74, 6) is 1.70. The number of β-amino-alcohol motifs (C(OH)–C–C–N with tert-alkyl or cyclic N) is 1. The summed E-state index contributed by atoms with van der Waals surface area (Å²) in [5, 5.41) is 18.4. The maximum absolute atomic E-state index is 12.1. The molecule has 34 heavy (non-hydrogen) atoms. The van der Waals surface area contributed by atoms with Crippen molar-refractivity contribution in [2.24, 2.45) is 10.9 Å².